The lowest BCUT2D eigenvalue weighted by molar-refractivity contribution is -0.117. The van der Waals surface area contributed by atoms with Gasteiger partial charge in [-0.3, -0.25) is 4.79 Å². The summed E-state index contributed by atoms with van der Waals surface area (Å²) >= 11 is 0. The molecule has 1 aromatic heterocycles. The minimum absolute atomic E-state index is 0.0567. The normalized spacial score (nSPS) is 11.1. The van der Waals surface area contributed by atoms with Gasteiger partial charge < -0.3 is 24.9 Å². The van der Waals surface area contributed by atoms with Crippen LogP contribution in [0.1, 0.15) is 11.1 Å². The van der Waals surface area contributed by atoms with Gasteiger partial charge in [-0.2, -0.15) is 5.26 Å². The summed E-state index contributed by atoms with van der Waals surface area (Å²) in [7, 11) is 2.81. The number of nitrogens with zero attached hydrogens (tertiary/aromatic N) is 1. The maximum atomic E-state index is 12.4. The fourth-order valence-corrected chi connectivity index (χ4v) is 3.06. The summed E-state index contributed by atoms with van der Waals surface area (Å²) in [6.45, 7) is 0.391. The molecule has 0 aliphatic rings. The van der Waals surface area contributed by atoms with Crippen molar-refractivity contribution >= 4 is 22.9 Å². The number of aromatic amines is 1. The van der Waals surface area contributed by atoms with E-state index in [1.165, 1.54) is 32.4 Å². The molecule has 0 fully saturated rings. The molecule has 1 heterocycles. The third-order valence-corrected chi connectivity index (χ3v) is 4.53. The van der Waals surface area contributed by atoms with E-state index in [-0.39, 0.29) is 22.8 Å². The Morgan fingerprint density at radius 1 is 1.24 bits per heavy atom. The van der Waals surface area contributed by atoms with Gasteiger partial charge in [-0.05, 0) is 41.8 Å². The number of hydrogen-bond donors (Lipinski definition) is 3. The maximum absolute atomic E-state index is 12.4. The summed E-state index contributed by atoms with van der Waals surface area (Å²) in [4.78, 5) is 15.6. The van der Waals surface area contributed by atoms with Crippen LogP contribution in [0.25, 0.3) is 17.0 Å². The van der Waals surface area contributed by atoms with Crippen LogP contribution in [0.5, 0.6) is 17.2 Å². The van der Waals surface area contributed by atoms with E-state index in [0.717, 1.165) is 16.5 Å². The van der Waals surface area contributed by atoms with Crippen LogP contribution in [0.2, 0.25) is 0 Å². The highest BCUT2D eigenvalue weighted by Crippen LogP contribution is 2.37. The average molecular weight is 391 g/mol. The summed E-state index contributed by atoms with van der Waals surface area (Å²) in [5, 5.41) is 23.3. The Bertz CT molecular complexity index is 1080. The molecular weight excluding hydrogens is 370 g/mol. The Morgan fingerprint density at radius 3 is 2.59 bits per heavy atom. The molecule has 0 radical (unpaired) electrons. The highest BCUT2D eigenvalue weighted by atomic mass is 16.5. The van der Waals surface area contributed by atoms with Gasteiger partial charge in [-0.1, -0.05) is 18.2 Å². The summed E-state index contributed by atoms with van der Waals surface area (Å²) in [5.41, 5.74) is 2.58. The van der Waals surface area contributed by atoms with Crippen LogP contribution in [0.3, 0.4) is 0 Å². The fraction of sp³-hybridized carbons (Fsp3) is 0.182. The SMILES string of the molecule is COc1cc(/C=C(/C#N)C(=O)NCCc2c[nH]c3ccccc23)cc(OC)c1O. The van der Waals surface area contributed by atoms with E-state index >= 15 is 0 Å². The number of carbonyl (C=O) groups excluding carboxylic acids is 1. The first kappa shape index (κ1) is 19.8. The number of nitriles is 1. The first-order chi connectivity index (χ1) is 14.1. The molecule has 3 rings (SSSR count). The molecule has 148 valence electrons. The number of aromatic nitrogens is 1. The van der Waals surface area contributed by atoms with Gasteiger partial charge in [0, 0.05) is 23.6 Å². The smallest absolute Gasteiger partial charge is 0.261 e. The van der Waals surface area contributed by atoms with Crippen molar-refractivity contribution < 1.29 is 19.4 Å². The number of rotatable bonds is 7. The van der Waals surface area contributed by atoms with E-state index in [0.29, 0.717) is 18.5 Å². The van der Waals surface area contributed by atoms with Gasteiger partial charge in [-0.15, -0.1) is 0 Å². The molecule has 0 aliphatic heterocycles. The molecule has 7 heteroatoms. The van der Waals surface area contributed by atoms with Gasteiger partial charge >= 0.3 is 0 Å². The minimum atomic E-state index is -0.474. The average Bonchev–Trinajstić information content (AvgIpc) is 3.15. The second kappa shape index (κ2) is 8.85. The molecule has 0 saturated carbocycles. The van der Waals surface area contributed by atoms with E-state index < -0.39 is 5.91 Å². The zero-order chi connectivity index (χ0) is 20.8. The summed E-state index contributed by atoms with van der Waals surface area (Å²) in [5.74, 6) is -0.243. The zero-order valence-electron chi connectivity index (χ0n) is 16.2. The van der Waals surface area contributed by atoms with E-state index in [2.05, 4.69) is 10.3 Å². The molecule has 1 amide bonds. The summed E-state index contributed by atoms with van der Waals surface area (Å²) in [6.07, 6.45) is 3.98. The number of carbonyl (C=O) groups is 1. The first-order valence-electron chi connectivity index (χ1n) is 8.97. The molecule has 0 unspecified atom stereocenters. The number of fused-ring (bicyclic) bond motifs is 1. The highest BCUT2D eigenvalue weighted by Gasteiger charge is 2.13. The largest absolute Gasteiger partial charge is 0.502 e. The van der Waals surface area contributed by atoms with Crippen LogP contribution in [0, 0.1) is 11.3 Å². The molecule has 7 nitrogen and oxygen atoms in total. The predicted octanol–water partition coefficient (Wildman–Crippen LogP) is 3.16. The lowest BCUT2D eigenvalue weighted by Gasteiger charge is -2.10. The molecule has 3 aromatic rings. The summed E-state index contributed by atoms with van der Waals surface area (Å²) in [6, 6.07) is 12.9. The second-order valence-electron chi connectivity index (χ2n) is 6.31. The number of H-pyrrole nitrogens is 1. The Kier molecular flexibility index (Phi) is 6.05. The summed E-state index contributed by atoms with van der Waals surface area (Å²) < 4.78 is 10.2. The maximum Gasteiger partial charge on any atom is 0.261 e. The van der Waals surface area contributed by atoms with Crippen LogP contribution in [0.4, 0.5) is 0 Å². The highest BCUT2D eigenvalue weighted by molar-refractivity contribution is 6.01. The third-order valence-electron chi connectivity index (χ3n) is 4.53. The molecule has 0 spiro atoms. The topological polar surface area (TPSA) is 107 Å². The molecule has 2 aromatic carbocycles. The van der Waals surface area contributed by atoms with Crippen molar-refractivity contribution in [3.63, 3.8) is 0 Å². The Balaban J connectivity index is 1.71. The molecule has 3 N–H and O–H groups in total. The Hall–Kier alpha value is -3.92. The molecule has 0 bridgehead atoms. The molecule has 29 heavy (non-hydrogen) atoms. The predicted molar refractivity (Wildman–Crippen MR) is 110 cm³/mol. The van der Waals surface area contributed by atoms with Crippen molar-refractivity contribution in [3.8, 4) is 23.3 Å². The van der Waals surface area contributed by atoms with Crippen molar-refractivity contribution in [2.75, 3.05) is 20.8 Å². The molecule has 0 atom stereocenters. The number of ether oxygens (including phenoxy) is 2. The standard InChI is InChI=1S/C22H21N3O4/c1-28-19-10-14(11-20(29-2)21(19)26)9-16(12-23)22(27)24-8-7-15-13-25-18-6-4-3-5-17(15)18/h3-6,9-11,13,25-26H,7-8H2,1-2H3,(H,24,27)/b16-9-. The van der Waals surface area contributed by atoms with Crippen LogP contribution in [-0.4, -0.2) is 36.8 Å². The van der Waals surface area contributed by atoms with Crippen molar-refractivity contribution in [1.82, 2.24) is 10.3 Å². The fourth-order valence-electron chi connectivity index (χ4n) is 3.06. The molecule has 0 aliphatic carbocycles. The van der Waals surface area contributed by atoms with Crippen molar-refractivity contribution in [2.24, 2.45) is 0 Å². The monoisotopic (exact) mass is 391 g/mol. The van der Waals surface area contributed by atoms with E-state index in [1.807, 2.05) is 36.5 Å². The van der Waals surface area contributed by atoms with E-state index in [9.17, 15) is 15.2 Å². The number of methoxy groups -OCH3 is 2. The number of aromatic hydroxyl groups is 1. The van der Waals surface area contributed by atoms with Crippen LogP contribution in [0.15, 0.2) is 48.2 Å². The number of nitrogens with one attached hydrogen (secondary N) is 2. The van der Waals surface area contributed by atoms with Gasteiger partial charge in [0.05, 0.1) is 14.2 Å². The third kappa shape index (κ3) is 4.33. The van der Waals surface area contributed by atoms with Crippen molar-refractivity contribution in [2.45, 2.75) is 6.42 Å². The number of phenols is 1. The van der Waals surface area contributed by atoms with Crippen LogP contribution >= 0.6 is 0 Å². The Labute approximate surface area is 168 Å². The van der Waals surface area contributed by atoms with Crippen molar-refractivity contribution in [3.05, 3.63) is 59.3 Å². The lowest BCUT2D eigenvalue weighted by Crippen LogP contribution is -2.26. The Morgan fingerprint density at radius 2 is 1.93 bits per heavy atom. The van der Waals surface area contributed by atoms with Gasteiger partial charge in [0.25, 0.3) is 5.91 Å². The van der Waals surface area contributed by atoms with Crippen LogP contribution < -0.4 is 14.8 Å². The molecular formula is C22H21N3O4. The zero-order valence-corrected chi connectivity index (χ0v) is 16.2. The molecule has 0 saturated heterocycles. The number of hydrogen-bond acceptors (Lipinski definition) is 5. The van der Waals surface area contributed by atoms with E-state index in [1.54, 1.807) is 0 Å². The van der Waals surface area contributed by atoms with E-state index in [4.69, 9.17) is 9.47 Å². The number of phenolic OH excluding ortho intramolecular Hbond substituents is 1. The van der Waals surface area contributed by atoms with Gasteiger partial charge in [0.2, 0.25) is 5.75 Å². The number of para-hydroxylation sites is 1. The first-order valence-corrected chi connectivity index (χ1v) is 8.97. The number of amides is 1. The quantitative estimate of drug-likeness (QED) is 0.424. The second-order valence-corrected chi connectivity index (χ2v) is 6.31. The van der Waals surface area contributed by atoms with Crippen molar-refractivity contribution in [1.29, 1.82) is 5.26 Å². The number of benzene rings is 2. The minimum Gasteiger partial charge on any atom is -0.502 e. The van der Waals surface area contributed by atoms with Gasteiger partial charge in [0.15, 0.2) is 11.5 Å². The van der Waals surface area contributed by atoms with Crippen LogP contribution in [-0.2, 0) is 11.2 Å². The van der Waals surface area contributed by atoms with Gasteiger partial charge in [-0.25, -0.2) is 0 Å². The lowest BCUT2D eigenvalue weighted by atomic mass is 10.1. The van der Waals surface area contributed by atoms with Gasteiger partial charge in [0.1, 0.15) is 11.6 Å².